The van der Waals surface area contributed by atoms with E-state index in [1.807, 2.05) is 62.8 Å². The molecule has 71 heavy (non-hydrogen) atoms. The number of rotatable bonds is 14. The fraction of sp³-hybridized carbons (Fsp3) is 0.500. The smallest absolute Gasteiger partial charge is 0.243 e. The van der Waals surface area contributed by atoms with Gasteiger partial charge in [-0.3, -0.25) is 25.1 Å². The molecule has 17 nitrogen and oxygen atoms in total. The molecule has 4 aliphatic heterocycles. The molecule has 2 amide bonds. The summed E-state index contributed by atoms with van der Waals surface area (Å²) >= 11 is 0. The Kier molecular flexibility index (Phi) is 15.0. The molecule has 5 aliphatic rings. The summed E-state index contributed by atoms with van der Waals surface area (Å²) in [5, 5.41) is 42.2. The van der Waals surface area contributed by atoms with Crippen LogP contribution in [0.1, 0.15) is 119 Å². The van der Waals surface area contributed by atoms with Crippen molar-refractivity contribution in [3.8, 4) is 23.7 Å². The monoisotopic (exact) mass is 966 g/mol. The van der Waals surface area contributed by atoms with Gasteiger partial charge in [-0.25, -0.2) is 0 Å². The van der Waals surface area contributed by atoms with Crippen LogP contribution in [0.2, 0.25) is 0 Å². The van der Waals surface area contributed by atoms with Gasteiger partial charge in [-0.2, -0.15) is 10.4 Å². The van der Waals surface area contributed by atoms with Gasteiger partial charge in [0.25, 0.3) is 0 Å². The second-order valence-electron chi connectivity index (χ2n) is 20.4. The van der Waals surface area contributed by atoms with Gasteiger partial charge < -0.3 is 45.2 Å². The van der Waals surface area contributed by atoms with Gasteiger partial charge in [-0.05, 0) is 100 Å². The quantitative estimate of drug-likeness (QED) is 0.0855. The zero-order valence-electron chi connectivity index (χ0n) is 41.1. The number of nitriles is 1. The Hall–Kier alpha value is -6.79. The van der Waals surface area contributed by atoms with Gasteiger partial charge in [0.15, 0.2) is 11.6 Å². The number of allylic oxidation sites excluding steroid dienone is 2. The predicted molar refractivity (Wildman–Crippen MR) is 268 cm³/mol. The van der Waals surface area contributed by atoms with E-state index >= 15 is 0 Å². The lowest BCUT2D eigenvalue weighted by Crippen LogP contribution is -2.48. The van der Waals surface area contributed by atoms with Gasteiger partial charge in [0.1, 0.15) is 29.6 Å². The lowest BCUT2D eigenvalue weighted by Gasteiger charge is -2.40. The van der Waals surface area contributed by atoms with Crippen LogP contribution in [0.4, 0.5) is 5.82 Å². The standard InChI is InChI=1S/C54H67N11O6/c1-33(2)51(54(69)64-32-41(66)25-47(64)53(68)58-35(4)39-13-11-36(28-55)12-14-39)49-27-50(61-71-49)63-21-15-37(16-22-63)30-62-19-17-42(18-20-62)70-43-23-38(24-43)10-9-34(3)65-31-40(29-57-65)45-26-46(59-60-52(45)56)44-7-5-6-8-48(44)67/h5-8,11-14,26-27,29,31,33-35,37-38,41-43,47,51,59-60,66-67H,15-25,30,32,56H2,1-4H3,(H,58,68)/t34-,35+,38?,41-,43?,47+,51+/m1/s1. The average Bonchev–Trinajstić information content (AvgIpc) is 4.14. The molecule has 3 saturated heterocycles. The van der Waals surface area contributed by atoms with Gasteiger partial charge in [0.2, 0.25) is 11.8 Å². The number of nitrogens with two attached hydrogens (primary N) is 1. The first kappa shape index (κ1) is 49.2. The number of amides is 2. The number of phenols is 1. The van der Waals surface area contributed by atoms with Crippen molar-refractivity contribution in [3.05, 3.63) is 107 Å². The molecular formula is C54H67N11O6. The van der Waals surface area contributed by atoms with Crippen molar-refractivity contribution in [2.75, 3.05) is 44.2 Å². The molecule has 1 saturated carbocycles. The van der Waals surface area contributed by atoms with Crippen LogP contribution in [-0.2, 0) is 14.3 Å². The number of hydrogen-bond donors (Lipinski definition) is 6. The Labute approximate surface area is 416 Å². The summed E-state index contributed by atoms with van der Waals surface area (Å²) in [5.41, 5.74) is 16.7. The minimum absolute atomic E-state index is 0.0656. The van der Waals surface area contributed by atoms with Crippen LogP contribution >= 0.6 is 0 Å². The highest BCUT2D eigenvalue weighted by Crippen LogP contribution is 2.36. The third-order valence-corrected chi connectivity index (χ3v) is 14.9. The normalized spacial score (nSPS) is 23.4. The number of phenolic OH excluding ortho intramolecular Hbond substituents is 1. The van der Waals surface area contributed by atoms with E-state index in [1.54, 1.807) is 42.6 Å². The Bertz CT molecular complexity index is 2690. The highest BCUT2D eigenvalue weighted by atomic mass is 16.5. The van der Waals surface area contributed by atoms with Crippen molar-refractivity contribution >= 4 is 28.9 Å². The maximum atomic E-state index is 14.2. The van der Waals surface area contributed by atoms with Crippen molar-refractivity contribution in [2.45, 2.75) is 115 Å². The van der Waals surface area contributed by atoms with E-state index in [2.05, 4.69) is 54.1 Å². The fourth-order valence-corrected chi connectivity index (χ4v) is 10.6. The number of anilines is 1. The number of hydrogen-bond acceptors (Lipinski definition) is 14. The van der Waals surface area contributed by atoms with E-state index in [-0.39, 0.29) is 60.7 Å². The number of benzene rings is 2. The number of nitrogens with zero attached hydrogens (tertiary/aromatic N) is 7. The molecule has 1 aliphatic carbocycles. The zero-order chi connectivity index (χ0) is 49.8. The highest BCUT2D eigenvalue weighted by Gasteiger charge is 2.44. The maximum Gasteiger partial charge on any atom is 0.243 e. The van der Waals surface area contributed by atoms with Crippen molar-refractivity contribution in [2.24, 2.45) is 23.5 Å². The minimum atomic E-state index is -0.822. The average molecular weight is 966 g/mol. The van der Waals surface area contributed by atoms with Gasteiger partial charge in [0, 0.05) is 80.6 Å². The van der Waals surface area contributed by atoms with Crippen LogP contribution in [-0.4, -0.2) is 110 Å². The minimum Gasteiger partial charge on any atom is -0.507 e. The number of hydrazine groups is 1. The number of aliphatic hydroxyl groups is 1. The summed E-state index contributed by atoms with van der Waals surface area (Å²) < 4.78 is 14.3. The number of piperidine rings is 2. The molecule has 17 heteroatoms. The number of para-hydroxylation sites is 1. The Morgan fingerprint density at radius 3 is 2.45 bits per heavy atom. The molecule has 374 valence electrons. The summed E-state index contributed by atoms with van der Waals surface area (Å²) in [5.74, 6) is 8.22. The van der Waals surface area contributed by atoms with Gasteiger partial charge in [0.05, 0.1) is 47.9 Å². The predicted octanol–water partition coefficient (Wildman–Crippen LogP) is 5.54. The summed E-state index contributed by atoms with van der Waals surface area (Å²) in [6, 6.07) is 16.9. The molecule has 9 rings (SSSR count). The second kappa shape index (κ2) is 21.7. The number of aromatic hydroxyl groups is 1. The molecular weight excluding hydrogens is 899 g/mol. The number of likely N-dealkylation sites (tertiary alicyclic amines) is 2. The number of ether oxygens (including phenoxy) is 1. The molecule has 7 N–H and O–H groups in total. The number of carbonyl (C=O) groups is 2. The molecule has 0 unspecified atom stereocenters. The molecule has 2 aromatic heterocycles. The van der Waals surface area contributed by atoms with Crippen molar-refractivity contribution in [3.63, 3.8) is 0 Å². The lowest BCUT2D eigenvalue weighted by molar-refractivity contribution is -0.141. The topological polar surface area (TPSA) is 223 Å². The summed E-state index contributed by atoms with van der Waals surface area (Å²) in [7, 11) is 0. The summed E-state index contributed by atoms with van der Waals surface area (Å²) in [4.78, 5) is 34.2. The van der Waals surface area contributed by atoms with E-state index in [0.717, 1.165) is 93.8 Å². The molecule has 4 fully saturated rings. The molecule has 0 bridgehead atoms. The van der Waals surface area contributed by atoms with Crippen molar-refractivity contribution in [1.82, 2.24) is 40.9 Å². The molecule has 6 heterocycles. The Morgan fingerprint density at radius 1 is 0.986 bits per heavy atom. The Morgan fingerprint density at radius 2 is 1.73 bits per heavy atom. The molecule has 4 aromatic rings. The van der Waals surface area contributed by atoms with Crippen LogP contribution in [0.5, 0.6) is 5.75 Å². The fourth-order valence-electron chi connectivity index (χ4n) is 10.6. The van der Waals surface area contributed by atoms with Crippen LogP contribution in [0.15, 0.2) is 83.4 Å². The molecule has 5 atom stereocenters. The lowest BCUT2D eigenvalue weighted by atomic mass is 9.82. The number of aromatic nitrogens is 3. The first-order valence-corrected chi connectivity index (χ1v) is 25.3. The van der Waals surface area contributed by atoms with Gasteiger partial charge in [-0.15, -0.1) is 0 Å². The summed E-state index contributed by atoms with van der Waals surface area (Å²) in [6.07, 6.45) is 11.6. The van der Waals surface area contributed by atoms with Crippen LogP contribution < -0.4 is 26.8 Å². The van der Waals surface area contributed by atoms with Crippen LogP contribution in [0.3, 0.4) is 0 Å². The van der Waals surface area contributed by atoms with E-state index < -0.39 is 18.1 Å². The van der Waals surface area contributed by atoms with Gasteiger partial charge in [-0.1, -0.05) is 55.1 Å². The summed E-state index contributed by atoms with van der Waals surface area (Å²) in [6.45, 7) is 12.7. The van der Waals surface area contributed by atoms with Crippen LogP contribution in [0.25, 0.3) is 11.3 Å². The molecule has 2 aromatic carbocycles. The van der Waals surface area contributed by atoms with Crippen molar-refractivity contribution < 1.29 is 29.1 Å². The first-order chi connectivity index (χ1) is 34.3. The van der Waals surface area contributed by atoms with E-state index in [1.165, 1.54) is 4.90 Å². The molecule has 0 radical (unpaired) electrons. The van der Waals surface area contributed by atoms with E-state index in [9.17, 15) is 19.8 Å². The number of nitrogens with one attached hydrogen (secondary N) is 3. The first-order valence-electron chi connectivity index (χ1n) is 25.3. The van der Waals surface area contributed by atoms with Gasteiger partial charge >= 0.3 is 0 Å². The number of aliphatic hydroxyl groups excluding tert-OH is 1. The largest absolute Gasteiger partial charge is 0.507 e. The maximum absolute atomic E-state index is 14.2. The second-order valence-corrected chi connectivity index (χ2v) is 20.4. The number of carbonyl (C=O) groups excluding carboxylic acids is 2. The third-order valence-electron chi connectivity index (χ3n) is 14.9. The highest BCUT2D eigenvalue weighted by molar-refractivity contribution is 5.91. The Balaban J connectivity index is 0.688. The van der Waals surface area contributed by atoms with Crippen LogP contribution in [0, 0.1) is 40.9 Å². The van der Waals surface area contributed by atoms with Crippen molar-refractivity contribution in [1.29, 1.82) is 5.26 Å². The molecule has 0 spiro atoms. The van der Waals surface area contributed by atoms with E-state index in [0.29, 0.717) is 40.2 Å². The van der Waals surface area contributed by atoms with E-state index in [4.69, 9.17) is 20.3 Å². The number of β-amino-alcohol motifs (C(OH)–C–C–N with tert-alkyl or cyclic N) is 1. The zero-order valence-corrected chi connectivity index (χ0v) is 41.1. The third kappa shape index (κ3) is 11.4. The SMILES string of the molecule is CC(C)[C@H](C(=O)N1C[C@H](O)C[C@H]1C(=O)N[C@@H](C)c1ccc(C#N)cc1)c1cc(N2CCC(CN3CCC(OC4CC(C#C[C@@H](C)n5cc(C6=C(N)NNC(c7ccccc7O)=C6)cn5)C4)CC3)CC2)no1.